The molecule has 1 aliphatic heterocycles. The van der Waals surface area contributed by atoms with Crippen molar-refractivity contribution in [3.63, 3.8) is 0 Å². The molecule has 1 aromatic heterocycles. The maximum absolute atomic E-state index is 12.6. The van der Waals surface area contributed by atoms with E-state index in [0.29, 0.717) is 13.0 Å². The van der Waals surface area contributed by atoms with E-state index in [2.05, 4.69) is 10.3 Å². The fourth-order valence-corrected chi connectivity index (χ4v) is 3.49. The van der Waals surface area contributed by atoms with Crippen molar-refractivity contribution in [3.8, 4) is 0 Å². The van der Waals surface area contributed by atoms with Gasteiger partial charge < -0.3 is 10.2 Å². The molecule has 1 N–H and O–H groups in total. The van der Waals surface area contributed by atoms with Crippen molar-refractivity contribution in [3.05, 3.63) is 30.1 Å². The summed E-state index contributed by atoms with van der Waals surface area (Å²) in [6.45, 7) is 0.290. The van der Waals surface area contributed by atoms with E-state index < -0.39 is 6.03 Å². The molecule has 2 aliphatic rings. The molecule has 25 heavy (non-hydrogen) atoms. The van der Waals surface area contributed by atoms with Gasteiger partial charge in [0.15, 0.2) is 0 Å². The molecular weight excluding hydrogens is 320 g/mol. The Hall–Kier alpha value is -2.44. The molecule has 4 amide bonds. The van der Waals surface area contributed by atoms with Gasteiger partial charge in [-0.1, -0.05) is 18.9 Å². The maximum atomic E-state index is 12.6. The number of urea groups is 1. The quantitative estimate of drug-likeness (QED) is 0.870. The number of nitrogens with zero attached hydrogens (tertiary/aromatic N) is 3. The van der Waals surface area contributed by atoms with Crippen molar-refractivity contribution in [2.45, 2.75) is 38.1 Å². The molecule has 2 heterocycles. The molecule has 0 spiro atoms. The fraction of sp³-hybridized carbons (Fsp3) is 0.556. The number of amides is 4. The van der Waals surface area contributed by atoms with Crippen molar-refractivity contribution >= 4 is 17.8 Å². The van der Waals surface area contributed by atoms with Gasteiger partial charge in [0.2, 0.25) is 11.8 Å². The van der Waals surface area contributed by atoms with Crippen LogP contribution in [-0.4, -0.2) is 58.8 Å². The van der Waals surface area contributed by atoms with E-state index in [4.69, 9.17) is 0 Å². The maximum Gasteiger partial charge on any atom is 0.324 e. The van der Waals surface area contributed by atoms with E-state index in [-0.39, 0.29) is 30.3 Å². The molecule has 2 unspecified atom stereocenters. The smallest absolute Gasteiger partial charge is 0.324 e. The molecule has 0 bridgehead atoms. The van der Waals surface area contributed by atoms with Gasteiger partial charge in [-0.25, -0.2) is 4.79 Å². The standard InChI is InChI=1S/C18H24N4O3/c1-21(11-9-13-6-4-5-10-19-13)16(23)12-22-17(24)14-7-2-3-8-15(14)20-18(22)25/h4-6,10,14-15H,2-3,7-9,11-12H2,1H3,(H,20,25). The minimum Gasteiger partial charge on any atom is -0.344 e. The van der Waals surface area contributed by atoms with Crippen molar-refractivity contribution < 1.29 is 14.4 Å². The van der Waals surface area contributed by atoms with Crippen LogP contribution in [-0.2, 0) is 16.0 Å². The number of pyridine rings is 1. The first-order valence-electron chi connectivity index (χ1n) is 8.82. The third kappa shape index (κ3) is 3.97. The second-order valence-corrected chi connectivity index (χ2v) is 6.76. The van der Waals surface area contributed by atoms with Gasteiger partial charge in [-0.3, -0.25) is 19.5 Å². The van der Waals surface area contributed by atoms with Crippen LogP contribution in [0.5, 0.6) is 0 Å². The predicted octanol–water partition coefficient (Wildman–Crippen LogP) is 1.19. The third-order valence-electron chi connectivity index (χ3n) is 5.05. The Balaban J connectivity index is 1.56. The van der Waals surface area contributed by atoms with Gasteiger partial charge in [-0.15, -0.1) is 0 Å². The van der Waals surface area contributed by atoms with Gasteiger partial charge >= 0.3 is 6.03 Å². The summed E-state index contributed by atoms with van der Waals surface area (Å²) >= 11 is 0. The lowest BCUT2D eigenvalue weighted by Gasteiger charge is -2.40. The Morgan fingerprint density at radius 1 is 1.32 bits per heavy atom. The van der Waals surface area contributed by atoms with E-state index in [1.54, 1.807) is 18.1 Å². The van der Waals surface area contributed by atoms with Crippen LogP contribution < -0.4 is 5.32 Å². The molecule has 3 rings (SSSR count). The largest absolute Gasteiger partial charge is 0.344 e. The average Bonchev–Trinajstić information content (AvgIpc) is 2.63. The van der Waals surface area contributed by atoms with Gasteiger partial charge in [0.05, 0.1) is 5.92 Å². The van der Waals surface area contributed by atoms with Gasteiger partial charge in [0.25, 0.3) is 0 Å². The molecule has 1 aliphatic carbocycles. The van der Waals surface area contributed by atoms with Crippen LogP contribution in [0, 0.1) is 5.92 Å². The van der Waals surface area contributed by atoms with Crippen LogP contribution in [0.25, 0.3) is 0 Å². The van der Waals surface area contributed by atoms with Crippen molar-refractivity contribution in [1.29, 1.82) is 0 Å². The van der Waals surface area contributed by atoms with E-state index in [1.807, 2.05) is 18.2 Å². The molecule has 1 saturated heterocycles. The molecule has 2 atom stereocenters. The lowest BCUT2D eigenvalue weighted by atomic mass is 9.82. The summed E-state index contributed by atoms with van der Waals surface area (Å²) in [7, 11) is 1.68. The molecule has 0 aromatic carbocycles. The van der Waals surface area contributed by atoms with Gasteiger partial charge in [-0.05, 0) is 25.0 Å². The highest BCUT2D eigenvalue weighted by molar-refractivity contribution is 6.01. The third-order valence-corrected chi connectivity index (χ3v) is 5.05. The summed E-state index contributed by atoms with van der Waals surface area (Å²) in [5.74, 6) is -0.633. The van der Waals surface area contributed by atoms with E-state index in [1.165, 1.54) is 0 Å². The van der Waals surface area contributed by atoms with E-state index in [0.717, 1.165) is 36.3 Å². The number of fused-ring (bicyclic) bond motifs is 1. The second kappa shape index (κ2) is 7.63. The van der Waals surface area contributed by atoms with E-state index in [9.17, 15) is 14.4 Å². The highest BCUT2D eigenvalue weighted by atomic mass is 16.2. The topological polar surface area (TPSA) is 82.6 Å². The average molecular weight is 344 g/mol. The number of hydrogen-bond acceptors (Lipinski definition) is 4. The first-order chi connectivity index (χ1) is 12.1. The zero-order valence-electron chi connectivity index (χ0n) is 14.5. The summed E-state index contributed by atoms with van der Waals surface area (Å²) in [4.78, 5) is 44.1. The molecule has 1 aromatic rings. The molecular formula is C18H24N4O3. The van der Waals surface area contributed by atoms with Crippen molar-refractivity contribution in [1.82, 2.24) is 20.1 Å². The Morgan fingerprint density at radius 3 is 2.88 bits per heavy atom. The van der Waals surface area contributed by atoms with Crippen LogP contribution in [0.15, 0.2) is 24.4 Å². The number of imide groups is 1. The first kappa shape index (κ1) is 17.4. The zero-order chi connectivity index (χ0) is 17.8. The van der Waals surface area contributed by atoms with Crippen molar-refractivity contribution in [2.24, 2.45) is 5.92 Å². The Morgan fingerprint density at radius 2 is 2.12 bits per heavy atom. The van der Waals surface area contributed by atoms with Crippen molar-refractivity contribution in [2.75, 3.05) is 20.1 Å². The van der Waals surface area contributed by atoms with Crippen LogP contribution >= 0.6 is 0 Å². The monoisotopic (exact) mass is 344 g/mol. The normalized spacial score (nSPS) is 23.0. The van der Waals surface area contributed by atoms with Crippen LogP contribution in [0.1, 0.15) is 31.4 Å². The van der Waals surface area contributed by atoms with Gasteiger partial charge in [0, 0.05) is 37.9 Å². The number of carbonyl (C=O) groups excluding carboxylic acids is 3. The second-order valence-electron chi connectivity index (χ2n) is 6.76. The molecule has 7 nitrogen and oxygen atoms in total. The fourth-order valence-electron chi connectivity index (χ4n) is 3.49. The Kier molecular flexibility index (Phi) is 5.31. The number of rotatable bonds is 5. The molecule has 1 saturated carbocycles. The molecule has 0 radical (unpaired) electrons. The highest BCUT2D eigenvalue weighted by Gasteiger charge is 2.42. The summed E-state index contributed by atoms with van der Waals surface area (Å²) < 4.78 is 0. The van der Waals surface area contributed by atoms with Gasteiger partial charge in [0.1, 0.15) is 6.54 Å². The SMILES string of the molecule is CN(CCc1ccccn1)C(=O)CN1C(=O)NC2CCCCC2C1=O. The number of hydrogen-bond donors (Lipinski definition) is 1. The number of likely N-dealkylation sites (N-methyl/N-ethyl adjacent to an activating group) is 1. The predicted molar refractivity (Wildman–Crippen MR) is 91.6 cm³/mol. The van der Waals surface area contributed by atoms with Crippen LogP contribution in [0.3, 0.4) is 0 Å². The lowest BCUT2D eigenvalue weighted by Crippen LogP contribution is -2.62. The molecule has 134 valence electrons. The highest BCUT2D eigenvalue weighted by Crippen LogP contribution is 2.29. The van der Waals surface area contributed by atoms with E-state index >= 15 is 0 Å². The van der Waals surface area contributed by atoms with Crippen LogP contribution in [0.4, 0.5) is 4.79 Å². The van der Waals surface area contributed by atoms with Crippen LogP contribution in [0.2, 0.25) is 0 Å². The van der Waals surface area contributed by atoms with Gasteiger partial charge in [-0.2, -0.15) is 0 Å². The molecule has 7 heteroatoms. The lowest BCUT2D eigenvalue weighted by molar-refractivity contribution is -0.142. The Labute approximate surface area is 147 Å². The minimum absolute atomic E-state index is 0.0676. The summed E-state index contributed by atoms with van der Waals surface area (Å²) in [6, 6.07) is 5.14. The number of nitrogens with one attached hydrogen (secondary N) is 1. The minimum atomic E-state index is -0.445. The summed E-state index contributed by atoms with van der Waals surface area (Å²) in [6.07, 6.45) is 6.00. The zero-order valence-corrected chi connectivity index (χ0v) is 14.5. The molecule has 2 fully saturated rings. The first-order valence-corrected chi connectivity index (χ1v) is 8.82. The number of carbonyl (C=O) groups is 3. The summed E-state index contributed by atoms with van der Waals surface area (Å²) in [5, 5.41) is 2.89. The number of aromatic nitrogens is 1. The Bertz CT molecular complexity index is 649. The summed E-state index contributed by atoms with van der Waals surface area (Å²) in [5.41, 5.74) is 0.902.